The zero-order valence-electron chi connectivity index (χ0n) is 7.53. The summed E-state index contributed by atoms with van der Waals surface area (Å²) in [4.78, 5) is 1.34. The Morgan fingerprint density at radius 1 is 1.31 bits per heavy atom. The van der Waals surface area contributed by atoms with Gasteiger partial charge in [0.15, 0.2) is 0 Å². The highest BCUT2D eigenvalue weighted by atomic mass is 35.5. The summed E-state index contributed by atoms with van der Waals surface area (Å²) in [5.41, 5.74) is 6.74. The molecule has 0 saturated heterocycles. The Morgan fingerprint density at radius 2 is 2.00 bits per heavy atom. The van der Waals surface area contributed by atoms with E-state index in [1.807, 2.05) is 21.6 Å². The Balaban J connectivity index is 0.00000144. The maximum Gasteiger partial charge on any atom is 0.0212 e. The molecule has 0 saturated carbocycles. The second-order valence-corrected chi connectivity index (χ2v) is 4.92. The van der Waals surface area contributed by atoms with E-state index >= 15 is 0 Å². The first-order valence-electron chi connectivity index (χ1n) is 3.90. The molecular formula is C9H14ClNS2. The Bertz CT molecular complexity index is 243. The molecule has 0 aliphatic heterocycles. The van der Waals surface area contributed by atoms with Crippen molar-refractivity contribution in [2.45, 2.75) is 11.8 Å². The largest absolute Gasteiger partial charge is 0.330 e. The smallest absolute Gasteiger partial charge is 0.0212 e. The van der Waals surface area contributed by atoms with E-state index < -0.39 is 0 Å². The first-order chi connectivity index (χ1) is 5.84. The van der Waals surface area contributed by atoms with Crippen LogP contribution in [0.3, 0.4) is 0 Å². The summed E-state index contributed by atoms with van der Waals surface area (Å²) in [7, 11) is 3.62. The van der Waals surface area contributed by atoms with Crippen molar-refractivity contribution >= 4 is 34.0 Å². The summed E-state index contributed by atoms with van der Waals surface area (Å²) in [6, 6.07) is 8.40. The predicted molar refractivity (Wildman–Crippen MR) is 65.8 cm³/mol. The van der Waals surface area contributed by atoms with Gasteiger partial charge in [0.1, 0.15) is 0 Å². The van der Waals surface area contributed by atoms with E-state index in [1.54, 1.807) is 0 Å². The number of nitrogens with two attached hydrogens (primary N) is 1. The van der Waals surface area contributed by atoms with Crippen LogP contribution in [0, 0.1) is 6.92 Å². The van der Waals surface area contributed by atoms with Crippen molar-refractivity contribution in [2.75, 3.05) is 12.3 Å². The highest BCUT2D eigenvalue weighted by Gasteiger charge is 1.96. The number of hydrogen-bond acceptors (Lipinski definition) is 3. The quantitative estimate of drug-likeness (QED) is 0.642. The fraction of sp³-hybridized carbons (Fsp3) is 0.333. The lowest BCUT2D eigenvalue weighted by atomic mass is 10.2. The van der Waals surface area contributed by atoms with E-state index in [-0.39, 0.29) is 12.4 Å². The van der Waals surface area contributed by atoms with Crippen LogP contribution in [0.2, 0.25) is 0 Å². The fourth-order valence-electron chi connectivity index (χ4n) is 0.803. The maximum atomic E-state index is 5.40. The predicted octanol–water partition coefficient (Wildman–Crippen LogP) is 3.12. The molecule has 1 nitrogen and oxygen atoms in total. The van der Waals surface area contributed by atoms with Crippen LogP contribution in [0.5, 0.6) is 0 Å². The van der Waals surface area contributed by atoms with Crippen LogP contribution >= 0.6 is 34.0 Å². The minimum atomic E-state index is 0. The maximum absolute atomic E-state index is 5.40. The molecule has 0 aromatic heterocycles. The van der Waals surface area contributed by atoms with Gasteiger partial charge in [-0.1, -0.05) is 39.8 Å². The van der Waals surface area contributed by atoms with Crippen LogP contribution in [-0.2, 0) is 0 Å². The van der Waals surface area contributed by atoms with E-state index in [1.165, 1.54) is 10.5 Å². The van der Waals surface area contributed by atoms with E-state index in [2.05, 4.69) is 31.2 Å². The van der Waals surface area contributed by atoms with E-state index in [4.69, 9.17) is 5.73 Å². The van der Waals surface area contributed by atoms with Gasteiger partial charge in [0.05, 0.1) is 0 Å². The van der Waals surface area contributed by atoms with Crippen molar-refractivity contribution < 1.29 is 0 Å². The van der Waals surface area contributed by atoms with Crippen LogP contribution < -0.4 is 5.73 Å². The van der Waals surface area contributed by atoms with Gasteiger partial charge in [-0.3, -0.25) is 0 Å². The molecule has 0 bridgehead atoms. The minimum Gasteiger partial charge on any atom is -0.330 e. The SMILES string of the molecule is Cc1ccccc1SSCCN.Cl. The summed E-state index contributed by atoms with van der Waals surface area (Å²) in [6.07, 6.45) is 0. The average molecular weight is 236 g/mol. The number of halogens is 1. The van der Waals surface area contributed by atoms with Crippen LogP contribution in [0.25, 0.3) is 0 Å². The van der Waals surface area contributed by atoms with Crippen molar-refractivity contribution in [3.8, 4) is 0 Å². The molecule has 1 rings (SSSR count). The molecule has 13 heavy (non-hydrogen) atoms. The normalized spacial score (nSPS) is 9.38. The van der Waals surface area contributed by atoms with Crippen molar-refractivity contribution in [1.82, 2.24) is 0 Å². The van der Waals surface area contributed by atoms with Gasteiger partial charge in [-0.25, -0.2) is 0 Å². The molecule has 1 aromatic carbocycles. The summed E-state index contributed by atoms with van der Waals surface area (Å²) >= 11 is 0. The summed E-state index contributed by atoms with van der Waals surface area (Å²) in [5, 5.41) is 0. The Hall–Kier alpha value is 0.170. The molecule has 0 unspecified atom stereocenters. The van der Waals surface area contributed by atoms with Crippen LogP contribution in [0.15, 0.2) is 29.2 Å². The minimum absolute atomic E-state index is 0. The molecule has 0 radical (unpaired) electrons. The summed E-state index contributed by atoms with van der Waals surface area (Å²) in [6.45, 7) is 2.88. The average Bonchev–Trinajstić information content (AvgIpc) is 2.09. The second-order valence-electron chi connectivity index (χ2n) is 2.46. The van der Waals surface area contributed by atoms with Gasteiger partial charge in [0.2, 0.25) is 0 Å². The fourth-order valence-corrected chi connectivity index (χ4v) is 2.92. The number of hydrogen-bond donors (Lipinski definition) is 1. The van der Waals surface area contributed by atoms with Crippen LogP contribution in [-0.4, -0.2) is 12.3 Å². The third kappa shape index (κ3) is 4.81. The third-order valence-corrected chi connectivity index (χ3v) is 3.99. The molecule has 0 atom stereocenters. The number of benzene rings is 1. The Kier molecular flexibility index (Phi) is 7.66. The van der Waals surface area contributed by atoms with Gasteiger partial charge >= 0.3 is 0 Å². The molecule has 0 heterocycles. The number of aryl methyl sites for hydroxylation is 1. The van der Waals surface area contributed by atoms with Crippen molar-refractivity contribution in [3.05, 3.63) is 29.8 Å². The Labute approximate surface area is 93.7 Å². The van der Waals surface area contributed by atoms with Gasteiger partial charge in [-0.05, 0) is 18.6 Å². The van der Waals surface area contributed by atoms with Crippen molar-refractivity contribution in [3.63, 3.8) is 0 Å². The molecule has 0 amide bonds. The van der Waals surface area contributed by atoms with Crippen molar-refractivity contribution in [2.24, 2.45) is 5.73 Å². The molecular weight excluding hydrogens is 222 g/mol. The van der Waals surface area contributed by atoms with Gasteiger partial charge in [0, 0.05) is 17.2 Å². The topological polar surface area (TPSA) is 26.0 Å². The van der Waals surface area contributed by atoms with E-state index in [0.29, 0.717) is 0 Å². The molecule has 0 fully saturated rings. The molecule has 4 heteroatoms. The second kappa shape index (κ2) is 7.56. The lowest BCUT2D eigenvalue weighted by molar-refractivity contribution is 1.16. The van der Waals surface area contributed by atoms with Crippen LogP contribution in [0.4, 0.5) is 0 Å². The molecule has 74 valence electrons. The summed E-state index contributed by atoms with van der Waals surface area (Å²) < 4.78 is 0. The van der Waals surface area contributed by atoms with Gasteiger partial charge in [-0.2, -0.15) is 0 Å². The monoisotopic (exact) mass is 235 g/mol. The molecule has 0 aliphatic carbocycles. The van der Waals surface area contributed by atoms with Gasteiger partial charge in [0.25, 0.3) is 0 Å². The zero-order chi connectivity index (χ0) is 8.81. The van der Waals surface area contributed by atoms with E-state index in [9.17, 15) is 0 Å². The number of rotatable bonds is 4. The standard InChI is InChI=1S/C9H13NS2.ClH/c1-8-4-2-3-5-9(8)12-11-7-6-10;/h2-5H,6-7,10H2,1H3;1H. The summed E-state index contributed by atoms with van der Waals surface area (Å²) in [5.74, 6) is 1.01. The van der Waals surface area contributed by atoms with Crippen LogP contribution in [0.1, 0.15) is 5.56 Å². The van der Waals surface area contributed by atoms with E-state index in [0.717, 1.165) is 12.3 Å². The molecule has 2 N–H and O–H groups in total. The Morgan fingerprint density at radius 3 is 2.62 bits per heavy atom. The van der Waals surface area contributed by atoms with Crippen molar-refractivity contribution in [1.29, 1.82) is 0 Å². The molecule has 0 aliphatic rings. The molecule has 1 aromatic rings. The van der Waals surface area contributed by atoms with Gasteiger partial charge in [-0.15, -0.1) is 12.4 Å². The highest BCUT2D eigenvalue weighted by Crippen LogP contribution is 2.32. The lowest BCUT2D eigenvalue weighted by Gasteiger charge is -2.02. The first kappa shape index (κ1) is 13.2. The zero-order valence-corrected chi connectivity index (χ0v) is 9.98. The molecule has 0 spiro atoms. The third-order valence-electron chi connectivity index (χ3n) is 1.44. The lowest BCUT2D eigenvalue weighted by Crippen LogP contribution is -1.99. The highest BCUT2D eigenvalue weighted by molar-refractivity contribution is 8.76. The first-order valence-corrected chi connectivity index (χ1v) is 6.21. The van der Waals surface area contributed by atoms with Gasteiger partial charge < -0.3 is 5.73 Å².